The molecule has 0 aliphatic carbocycles. The summed E-state index contributed by atoms with van der Waals surface area (Å²) in [6.45, 7) is 4.73. The van der Waals surface area contributed by atoms with E-state index in [1.54, 1.807) is 21.1 Å². The molecule has 0 spiro atoms. The summed E-state index contributed by atoms with van der Waals surface area (Å²) in [7, 11) is 3.12. The smallest absolute Gasteiger partial charge is 0.338 e. The lowest BCUT2D eigenvalue weighted by Gasteiger charge is -2.30. The predicted octanol–water partition coefficient (Wildman–Crippen LogP) is 2.08. The van der Waals surface area contributed by atoms with E-state index in [1.165, 1.54) is 0 Å². The SMILES string of the molecule is CCOc1ccc([C@@H]2NC(=S)NC(C)=C2C(=O)OCCOC)cc1OC. The third-order valence-electron chi connectivity index (χ3n) is 3.83. The monoisotopic (exact) mass is 380 g/mol. The van der Waals surface area contributed by atoms with E-state index in [9.17, 15) is 4.79 Å². The zero-order valence-electron chi connectivity index (χ0n) is 15.4. The molecule has 8 heteroatoms. The third-order valence-corrected chi connectivity index (χ3v) is 4.05. The fraction of sp³-hybridized carbons (Fsp3) is 0.444. The molecule has 0 bridgehead atoms. The van der Waals surface area contributed by atoms with Crippen LogP contribution in [0, 0.1) is 0 Å². The highest BCUT2D eigenvalue weighted by molar-refractivity contribution is 7.80. The van der Waals surface area contributed by atoms with Gasteiger partial charge in [-0.25, -0.2) is 4.79 Å². The first kappa shape index (κ1) is 20.0. The summed E-state index contributed by atoms with van der Waals surface area (Å²) >= 11 is 5.25. The standard InChI is InChI=1S/C18H24N2O5S/c1-5-24-13-7-6-12(10-14(13)23-4)16-15(11(2)19-18(26)20-16)17(21)25-9-8-22-3/h6-7,10,16H,5,8-9H2,1-4H3,(H2,19,20,26)/t16-/m0/s1. The van der Waals surface area contributed by atoms with Crippen LogP contribution in [0.4, 0.5) is 0 Å². The Morgan fingerprint density at radius 2 is 2.00 bits per heavy atom. The molecule has 1 atom stereocenters. The molecule has 1 heterocycles. The maximum absolute atomic E-state index is 12.6. The first-order valence-electron chi connectivity index (χ1n) is 8.26. The van der Waals surface area contributed by atoms with Gasteiger partial charge < -0.3 is 29.6 Å². The Morgan fingerprint density at radius 3 is 2.65 bits per heavy atom. The van der Waals surface area contributed by atoms with Gasteiger partial charge in [0.15, 0.2) is 16.6 Å². The fourth-order valence-corrected chi connectivity index (χ4v) is 2.92. The van der Waals surface area contributed by atoms with Gasteiger partial charge in [-0.15, -0.1) is 0 Å². The van der Waals surface area contributed by atoms with Crippen molar-refractivity contribution in [1.82, 2.24) is 10.6 Å². The second-order valence-corrected chi connectivity index (χ2v) is 5.95. The van der Waals surface area contributed by atoms with Crippen molar-refractivity contribution in [3.8, 4) is 11.5 Å². The molecule has 2 rings (SSSR count). The second-order valence-electron chi connectivity index (χ2n) is 5.54. The Kier molecular flexibility index (Phi) is 7.23. The summed E-state index contributed by atoms with van der Waals surface area (Å²) in [6.07, 6.45) is 0. The summed E-state index contributed by atoms with van der Waals surface area (Å²) in [5.74, 6) is 0.792. The molecule has 0 radical (unpaired) electrons. The maximum atomic E-state index is 12.6. The number of carbonyl (C=O) groups is 1. The van der Waals surface area contributed by atoms with Crippen molar-refractivity contribution in [3.63, 3.8) is 0 Å². The van der Waals surface area contributed by atoms with Crippen LogP contribution in [0.15, 0.2) is 29.5 Å². The lowest BCUT2D eigenvalue weighted by atomic mass is 9.95. The molecule has 0 fully saturated rings. The fourth-order valence-electron chi connectivity index (χ4n) is 2.65. The number of nitrogens with one attached hydrogen (secondary N) is 2. The predicted molar refractivity (Wildman–Crippen MR) is 101 cm³/mol. The van der Waals surface area contributed by atoms with Gasteiger partial charge in [-0.3, -0.25) is 0 Å². The number of benzene rings is 1. The molecule has 0 amide bonds. The van der Waals surface area contributed by atoms with Gasteiger partial charge in [-0.2, -0.15) is 0 Å². The maximum Gasteiger partial charge on any atom is 0.338 e. The number of methoxy groups -OCH3 is 2. The number of thiocarbonyl (C=S) groups is 1. The zero-order chi connectivity index (χ0) is 19.1. The number of hydrogen-bond donors (Lipinski definition) is 2. The number of hydrogen-bond acceptors (Lipinski definition) is 6. The van der Waals surface area contributed by atoms with Gasteiger partial charge in [0.2, 0.25) is 0 Å². The van der Waals surface area contributed by atoms with E-state index < -0.39 is 12.0 Å². The molecule has 0 unspecified atom stereocenters. The Morgan fingerprint density at radius 1 is 1.23 bits per heavy atom. The van der Waals surface area contributed by atoms with Gasteiger partial charge in [-0.1, -0.05) is 6.07 Å². The number of allylic oxidation sites excluding steroid dienone is 1. The van der Waals surface area contributed by atoms with Crippen LogP contribution in [-0.4, -0.2) is 45.1 Å². The van der Waals surface area contributed by atoms with Gasteiger partial charge >= 0.3 is 5.97 Å². The minimum Gasteiger partial charge on any atom is -0.493 e. The van der Waals surface area contributed by atoms with Gasteiger partial charge in [0, 0.05) is 12.8 Å². The van der Waals surface area contributed by atoms with Crippen molar-refractivity contribution in [2.24, 2.45) is 0 Å². The summed E-state index contributed by atoms with van der Waals surface area (Å²) in [6, 6.07) is 5.05. The molecule has 7 nitrogen and oxygen atoms in total. The Labute approximate surface area is 158 Å². The topological polar surface area (TPSA) is 78.1 Å². The number of esters is 1. The van der Waals surface area contributed by atoms with Crippen molar-refractivity contribution < 1.29 is 23.7 Å². The van der Waals surface area contributed by atoms with Crippen LogP contribution in [0.1, 0.15) is 25.5 Å². The van der Waals surface area contributed by atoms with Crippen LogP contribution in [-0.2, 0) is 14.3 Å². The average molecular weight is 380 g/mol. The van der Waals surface area contributed by atoms with Crippen molar-refractivity contribution in [2.45, 2.75) is 19.9 Å². The van der Waals surface area contributed by atoms with E-state index in [4.69, 9.17) is 31.2 Å². The number of ether oxygens (including phenoxy) is 4. The van der Waals surface area contributed by atoms with Crippen LogP contribution in [0.2, 0.25) is 0 Å². The van der Waals surface area contributed by atoms with E-state index in [0.29, 0.717) is 41.1 Å². The molecule has 1 aromatic carbocycles. The summed E-state index contributed by atoms with van der Waals surface area (Å²) in [5.41, 5.74) is 1.92. The number of rotatable bonds is 8. The average Bonchev–Trinajstić information content (AvgIpc) is 2.61. The third kappa shape index (κ3) is 4.64. The Hall–Kier alpha value is -2.32. The highest BCUT2D eigenvalue weighted by atomic mass is 32.1. The van der Waals surface area contributed by atoms with E-state index in [2.05, 4.69) is 10.6 Å². The molecule has 2 N–H and O–H groups in total. The van der Waals surface area contributed by atoms with Crippen LogP contribution in [0.3, 0.4) is 0 Å². The first-order valence-corrected chi connectivity index (χ1v) is 8.67. The first-order chi connectivity index (χ1) is 12.5. The minimum absolute atomic E-state index is 0.176. The minimum atomic E-state index is -0.455. The van der Waals surface area contributed by atoms with Crippen molar-refractivity contribution in [2.75, 3.05) is 34.0 Å². The van der Waals surface area contributed by atoms with Gasteiger partial charge in [0.05, 0.1) is 31.9 Å². The van der Waals surface area contributed by atoms with E-state index in [-0.39, 0.29) is 6.61 Å². The summed E-state index contributed by atoms with van der Waals surface area (Å²) in [5, 5.41) is 6.53. The van der Waals surface area contributed by atoms with Gasteiger partial charge in [-0.05, 0) is 43.8 Å². The van der Waals surface area contributed by atoms with Crippen molar-refractivity contribution in [3.05, 3.63) is 35.0 Å². The molecule has 0 saturated carbocycles. The van der Waals surface area contributed by atoms with Crippen LogP contribution < -0.4 is 20.1 Å². The molecule has 1 aromatic rings. The zero-order valence-corrected chi connectivity index (χ0v) is 16.2. The number of carbonyl (C=O) groups excluding carboxylic acids is 1. The molecule has 0 aromatic heterocycles. The van der Waals surface area contributed by atoms with E-state index >= 15 is 0 Å². The molecule has 1 aliphatic heterocycles. The lowest BCUT2D eigenvalue weighted by molar-refractivity contribution is -0.140. The lowest BCUT2D eigenvalue weighted by Crippen LogP contribution is -2.45. The van der Waals surface area contributed by atoms with Crippen LogP contribution in [0.25, 0.3) is 0 Å². The van der Waals surface area contributed by atoms with Gasteiger partial charge in [0.25, 0.3) is 0 Å². The van der Waals surface area contributed by atoms with Crippen LogP contribution >= 0.6 is 12.2 Å². The normalized spacial score (nSPS) is 16.6. The van der Waals surface area contributed by atoms with Crippen molar-refractivity contribution in [1.29, 1.82) is 0 Å². The van der Waals surface area contributed by atoms with E-state index in [1.807, 2.05) is 25.1 Å². The molecule has 1 aliphatic rings. The Bertz CT molecular complexity index is 705. The van der Waals surface area contributed by atoms with Crippen molar-refractivity contribution >= 4 is 23.3 Å². The molecular weight excluding hydrogens is 356 g/mol. The van der Waals surface area contributed by atoms with E-state index in [0.717, 1.165) is 5.56 Å². The molecule has 0 saturated heterocycles. The molecule has 142 valence electrons. The molecule has 26 heavy (non-hydrogen) atoms. The summed E-state index contributed by atoms with van der Waals surface area (Å²) < 4.78 is 21.2. The quantitative estimate of drug-likeness (QED) is 0.403. The molecular formula is C18H24N2O5S. The Balaban J connectivity index is 2.36. The second kappa shape index (κ2) is 9.40. The van der Waals surface area contributed by atoms with Gasteiger partial charge in [0.1, 0.15) is 6.61 Å². The van der Waals surface area contributed by atoms with Crippen LogP contribution in [0.5, 0.6) is 11.5 Å². The highest BCUT2D eigenvalue weighted by Gasteiger charge is 2.31. The summed E-state index contributed by atoms with van der Waals surface area (Å²) in [4.78, 5) is 12.6. The highest BCUT2D eigenvalue weighted by Crippen LogP contribution is 2.34. The largest absolute Gasteiger partial charge is 0.493 e.